The molecule has 1 atom stereocenters. The first kappa shape index (κ1) is 13.4. The Morgan fingerprint density at radius 3 is 2.30 bits per heavy atom. The molecule has 0 spiro atoms. The predicted octanol–water partition coefficient (Wildman–Crippen LogP) is 3.54. The Morgan fingerprint density at radius 2 is 1.70 bits per heavy atom. The number of carbonyl (C=O) groups is 1. The average molecular weight is 296 g/mol. The number of hydrogen-bond acceptors (Lipinski definition) is 1. The Bertz CT molecular complexity index is 368. The second-order valence-electron chi connectivity index (χ2n) is 7.90. The van der Waals surface area contributed by atoms with Crippen LogP contribution in [0.4, 0.5) is 0 Å². The fourth-order valence-corrected chi connectivity index (χ4v) is 6.18. The van der Waals surface area contributed by atoms with Crippen molar-refractivity contribution in [3.05, 3.63) is 0 Å². The van der Waals surface area contributed by atoms with E-state index in [-0.39, 0.29) is 0 Å². The van der Waals surface area contributed by atoms with E-state index in [9.17, 15) is 4.79 Å². The van der Waals surface area contributed by atoms with Crippen LogP contribution in [0.2, 0.25) is 0 Å². The van der Waals surface area contributed by atoms with Crippen molar-refractivity contribution >= 4 is 17.5 Å². The van der Waals surface area contributed by atoms with E-state index in [0.29, 0.717) is 23.6 Å². The molecule has 3 heteroatoms. The highest BCUT2D eigenvalue weighted by atomic mass is 35.5. The molecule has 4 aliphatic carbocycles. The summed E-state index contributed by atoms with van der Waals surface area (Å²) in [5.41, 5.74) is 0. The van der Waals surface area contributed by atoms with Crippen molar-refractivity contribution in [1.29, 1.82) is 0 Å². The lowest BCUT2D eigenvalue weighted by Gasteiger charge is -2.54. The first-order valence-corrected chi connectivity index (χ1v) is 9.12. The topological polar surface area (TPSA) is 20.3 Å². The van der Waals surface area contributed by atoms with Gasteiger partial charge in [-0.1, -0.05) is 0 Å². The van der Waals surface area contributed by atoms with E-state index in [2.05, 4.69) is 4.90 Å². The van der Waals surface area contributed by atoms with Crippen LogP contribution in [0.25, 0.3) is 0 Å². The zero-order chi connectivity index (χ0) is 13.7. The van der Waals surface area contributed by atoms with Crippen molar-refractivity contribution in [2.45, 2.75) is 44.9 Å². The molecule has 2 nitrogen and oxygen atoms in total. The lowest BCUT2D eigenvalue weighted by Crippen LogP contribution is -2.53. The van der Waals surface area contributed by atoms with Gasteiger partial charge in [0.2, 0.25) is 5.91 Å². The summed E-state index contributed by atoms with van der Waals surface area (Å²) < 4.78 is 0. The second kappa shape index (κ2) is 5.19. The molecule has 5 fully saturated rings. The smallest absolute Gasteiger partial charge is 0.226 e. The van der Waals surface area contributed by atoms with Crippen LogP contribution in [0, 0.1) is 35.5 Å². The highest BCUT2D eigenvalue weighted by Gasteiger charge is 2.51. The average Bonchev–Trinajstić information content (AvgIpc) is 2.46. The summed E-state index contributed by atoms with van der Waals surface area (Å²) in [6.07, 6.45) is 9.19. The first-order valence-electron chi connectivity index (χ1n) is 8.59. The van der Waals surface area contributed by atoms with E-state index in [1.54, 1.807) is 0 Å². The lowest BCUT2D eigenvalue weighted by atomic mass is 9.51. The Balaban J connectivity index is 1.48. The number of rotatable bonds is 2. The van der Waals surface area contributed by atoms with Gasteiger partial charge in [-0.3, -0.25) is 4.79 Å². The molecule has 112 valence electrons. The van der Waals surface area contributed by atoms with E-state index in [1.165, 1.54) is 38.5 Å². The number of halogens is 1. The number of amides is 1. The normalized spacial score (nSPS) is 46.8. The Kier molecular flexibility index (Phi) is 3.48. The van der Waals surface area contributed by atoms with Crippen molar-refractivity contribution < 1.29 is 4.79 Å². The van der Waals surface area contributed by atoms with Crippen molar-refractivity contribution in [3.8, 4) is 0 Å². The first-order chi connectivity index (χ1) is 9.74. The monoisotopic (exact) mass is 295 g/mol. The van der Waals surface area contributed by atoms with E-state index in [0.717, 1.165) is 43.2 Å². The molecule has 4 saturated carbocycles. The highest BCUT2D eigenvalue weighted by molar-refractivity contribution is 6.18. The highest BCUT2D eigenvalue weighted by Crippen LogP contribution is 2.56. The molecule has 0 aromatic heterocycles. The summed E-state index contributed by atoms with van der Waals surface area (Å²) in [6, 6.07) is 0. The summed E-state index contributed by atoms with van der Waals surface area (Å²) in [5, 5.41) is 0. The van der Waals surface area contributed by atoms with Crippen LogP contribution in [0.15, 0.2) is 0 Å². The van der Waals surface area contributed by atoms with Crippen LogP contribution in [0.1, 0.15) is 44.9 Å². The number of hydrogen-bond donors (Lipinski definition) is 0. The third-order valence-electron chi connectivity index (χ3n) is 6.56. The lowest BCUT2D eigenvalue weighted by molar-refractivity contribution is -0.150. The van der Waals surface area contributed by atoms with Gasteiger partial charge in [-0.25, -0.2) is 0 Å². The maximum atomic E-state index is 13.0. The van der Waals surface area contributed by atoms with Crippen LogP contribution in [-0.4, -0.2) is 29.8 Å². The standard InChI is InChI=1S/C17H26ClNO/c18-9-11-2-1-3-19(10-11)17(20)16-14-5-12-4-13(7-14)8-15(16)6-12/h11-16H,1-10H2. The Hall–Kier alpha value is -0.240. The molecule has 1 amide bonds. The molecular weight excluding hydrogens is 270 g/mol. The van der Waals surface area contributed by atoms with Gasteiger partial charge in [-0.2, -0.15) is 0 Å². The van der Waals surface area contributed by atoms with Crippen LogP contribution < -0.4 is 0 Å². The maximum absolute atomic E-state index is 13.0. The van der Waals surface area contributed by atoms with Gasteiger partial charge < -0.3 is 4.90 Å². The Labute approximate surface area is 127 Å². The fourth-order valence-electron chi connectivity index (χ4n) is 5.93. The van der Waals surface area contributed by atoms with Gasteiger partial charge in [0.05, 0.1) is 0 Å². The fraction of sp³-hybridized carbons (Fsp3) is 0.941. The van der Waals surface area contributed by atoms with Crippen LogP contribution in [-0.2, 0) is 4.79 Å². The minimum Gasteiger partial charge on any atom is -0.342 e. The van der Waals surface area contributed by atoms with Crippen molar-refractivity contribution in [1.82, 2.24) is 4.90 Å². The van der Waals surface area contributed by atoms with Crippen LogP contribution in [0.3, 0.4) is 0 Å². The van der Waals surface area contributed by atoms with E-state index in [4.69, 9.17) is 11.6 Å². The molecule has 20 heavy (non-hydrogen) atoms. The van der Waals surface area contributed by atoms with Gasteiger partial charge in [-0.15, -0.1) is 11.6 Å². The van der Waals surface area contributed by atoms with Crippen molar-refractivity contribution in [2.75, 3.05) is 19.0 Å². The summed E-state index contributed by atoms with van der Waals surface area (Å²) in [5.74, 6) is 5.46. The van der Waals surface area contributed by atoms with Gasteiger partial charge in [0.1, 0.15) is 0 Å². The Morgan fingerprint density at radius 1 is 1.05 bits per heavy atom. The summed E-state index contributed by atoms with van der Waals surface area (Å²) in [7, 11) is 0. The molecule has 0 aromatic rings. The molecular formula is C17H26ClNO. The molecule has 1 aliphatic heterocycles. The van der Waals surface area contributed by atoms with Gasteiger partial charge in [0.25, 0.3) is 0 Å². The summed E-state index contributed by atoms with van der Waals surface area (Å²) >= 11 is 6.02. The molecule has 0 aromatic carbocycles. The third kappa shape index (κ3) is 2.19. The van der Waals surface area contributed by atoms with Crippen LogP contribution >= 0.6 is 11.6 Å². The SMILES string of the molecule is O=C(C1C2CC3CC(C2)CC1C3)N1CCCC(CCl)C1. The molecule has 5 aliphatic rings. The summed E-state index contributed by atoms with van der Waals surface area (Å²) in [4.78, 5) is 15.2. The van der Waals surface area contributed by atoms with Crippen molar-refractivity contribution in [3.63, 3.8) is 0 Å². The largest absolute Gasteiger partial charge is 0.342 e. The van der Waals surface area contributed by atoms with Crippen LogP contribution in [0.5, 0.6) is 0 Å². The molecule has 4 bridgehead atoms. The van der Waals surface area contributed by atoms with E-state index < -0.39 is 0 Å². The van der Waals surface area contributed by atoms with Gasteiger partial charge >= 0.3 is 0 Å². The molecule has 1 saturated heterocycles. The molecule has 0 N–H and O–H groups in total. The number of nitrogens with zero attached hydrogens (tertiary/aromatic N) is 1. The number of alkyl halides is 1. The minimum absolute atomic E-state index is 0.372. The maximum Gasteiger partial charge on any atom is 0.226 e. The quantitative estimate of drug-likeness (QED) is 0.714. The van der Waals surface area contributed by atoms with E-state index >= 15 is 0 Å². The van der Waals surface area contributed by atoms with Gasteiger partial charge in [0.15, 0.2) is 0 Å². The van der Waals surface area contributed by atoms with E-state index in [1.807, 2.05) is 0 Å². The molecule has 1 unspecified atom stereocenters. The molecule has 1 heterocycles. The number of carbonyl (C=O) groups excluding carboxylic acids is 1. The second-order valence-corrected chi connectivity index (χ2v) is 8.21. The van der Waals surface area contributed by atoms with Gasteiger partial charge in [0, 0.05) is 24.9 Å². The number of piperidine rings is 1. The zero-order valence-corrected chi connectivity index (χ0v) is 13.0. The zero-order valence-electron chi connectivity index (χ0n) is 12.3. The minimum atomic E-state index is 0.372. The molecule has 0 radical (unpaired) electrons. The summed E-state index contributed by atoms with van der Waals surface area (Å²) in [6.45, 7) is 1.90. The third-order valence-corrected chi connectivity index (χ3v) is 7.00. The van der Waals surface area contributed by atoms with Gasteiger partial charge in [-0.05, 0) is 74.5 Å². The molecule has 5 rings (SSSR count). The number of likely N-dealkylation sites (tertiary alicyclic amines) is 1. The van der Waals surface area contributed by atoms with Crippen molar-refractivity contribution in [2.24, 2.45) is 35.5 Å². The predicted molar refractivity (Wildman–Crippen MR) is 80.6 cm³/mol.